The van der Waals surface area contributed by atoms with Gasteiger partial charge >= 0.3 is 0 Å². The van der Waals surface area contributed by atoms with E-state index >= 15 is 0 Å². The van der Waals surface area contributed by atoms with E-state index in [0.717, 1.165) is 25.7 Å². The van der Waals surface area contributed by atoms with E-state index in [-0.39, 0.29) is 24.9 Å². The Morgan fingerprint density at radius 1 is 1.29 bits per heavy atom. The lowest BCUT2D eigenvalue weighted by atomic mass is 9.95. The van der Waals surface area contributed by atoms with Gasteiger partial charge in [0.05, 0.1) is 12.4 Å². The second kappa shape index (κ2) is 7.31. The molecule has 102 valence electrons. The van der Waals surface area contributed by atoms with Gasteiger partial charge in [-0.3, -0.25) is 0 Å². The fourth-order valence-electron chi connectivity index (χ4n) is 2.36. The van der Waals surface area contributed by atoms with Gasteiger partial charge in [-0.2, -0.15) is 4.31 Å². The number of hydrogen-bond acceptors (Lipinski definition) is 4. The van der Waals surface area contributed by atoms with Crippen molar-refractivity contribution in [3.05, 3.63) is 0 Å². The molecule has 0 atom stereocenters. The maximum atomic E-state index is 12.2. The number of aliphatic hydroxyl groups excluding tert-OH is 1. The highest BCUT2D eigenvalue weighted by Gasteiger charge is 2.29. The summed E-state index contributed by atoms with van der Waals surface area (Å²) in [6.07, 6.45) is 5.24. The zero-order valence-corrected chi connectivity index (χ0v) is 11.4. The number of rotatable bonds is 7. The fraction of sp³-hybridized carbons (Fsp3) is 1.00. The van der Waals surface area contributed by atoms with Crippen molar-refractivity contribution < 1.29 is 13.5 Å². The summed E-state index contributed by atoms with van der Waals surface area (Å²) >= 11 is 0. The van der Waals surface area contributed by atoms with Gasteiger partial charge in [0.2, 0.25) is 10.0 Å². The molecular formula is C11H24N2O3S. The van der Waals surface area contributed by atoms with E-state index in [0.29, 0.717) is 6.54 Å². The van der Waals surface area contributed by atoms with Gasteiger partial charge in [-0.25, -0.2) is 8.42 Å². The molecule has 0 bridgehead atoms. The van der Waals surface area contributed by atoms with Crippen LogP contribution in [0.1, 0.15) is 32.1 Å². The monoisotopic (exact) mass is 264 g/mol. The molecule has 2 N–H and O–H groups in total. The van der Waals surface area contributed by atoms with Crippen LogP contribution in [0.2, 0.25) is 0 Å². The Hall–Kier alpha value is -0.170. The summed E-state index contributed by atoms with van der Waals surface area (Å²) in [4.78, 5) is 0. The zero-order chi connectivity index (χ0) is 12.7. The number of nitrogens with zero attached hydrogens (tertiary/aromatic N) is 1. The topological polar surface area (TPSA) is 69.6 Å². The smallest absolute Gasteiger partial charge is 0.215 e. The molecule has 0 unspecified atom stereocenters. The van der Waals surface area contributed by atoms with Gasteiger partial charge in [0.1, 0.15) is 0 Å². The third kappa shape index (κ3) is 4.54. The van der Waals surface area contributed by atoms with E-state index in [2.05, 4.69) is 5.32 Å². The summed E-state index contributed by atoms with van der Waals surface area (Å²) in [6, 6.07) is 0.0951. The van der Waals surface area contributed by atoms with Crippen LogP contribution in [0.5, 0.6) is 0 Å². The van der Waals surface area contributed by atoms with Crippen molar-refractivity contribution in [3.63, 3.8) is 0 Å². The van der Waals surface area contributed by atoms with Crippen molar-refractivity contribution in [2.24, 2.45) is 0 Å². The Morgan fingerprint density at radius 3 is 2.47 bits per heavy atom. The molecule has 0 aromatic carbocycles. The molecule has 0 heterocycles. The van der Waals surface area contributed by atoms with Gasteiger partial charge < -0.3 is 10.4 Å². The van der Waals surface area contributed by atoms with Gasteiger partial charge in [0, 0.05) is 19.1 Å². The van der Waals surface area contributed by atoms with Crippen molar-refractivity contribution in [1.29, 1.82) is 0 Å². The van der Waals surface area contributed by atoms with E-state index in [1.54, 1.807) is 7.05 Å². The highest BCUT2D eigenvalue weighted by Crippen LogP contribution is 2.24. The normalized spacial score (nSPS) is 18.8. The van der Waals surface area contributed by atoms with Crippen LogP contribution >= 0.6 is 0 Å². The molecule has 1 fully saturated rings. The summed E-state index contributed by atoms with van der Waals surface area (Å²) in [5, 5.41) is 11.9. The lowest BCUT2D eigenvalue weighted by Gasteiger charge is -2.33. The van der Waals surface area contributed by atoms with Crippen LogP contribution in [-0.4, -0.2) is 56.4 Å². The maximum Gasteiger partial charge on any atom is 0.215 e. The van der Waals surface area contributed by atoms with Crippen LogP contribution in [-0.2, 0) is 10.0 Å². The molecule has 6 heteroatoms. The van der Waals surface area contributed by atoms with Crippen LogP contribution in [0, 0.1) is 0 Å². The molecule has 1 aliphatic rings. The highest BCUT2D eigenvalue weighted by molar-refractivity contribution is 7.89. The summed E-state index contributed by atoms with van der Waals surface area (Å²) in [7, 11) is -1.49. The minimum atomic E-state index is -3.24. The zero-order valence-electron chi connectivity index (χ0n) is 10.6. The van der Waals surface area contributed by atoms with E-state index in [9.17, 15) is 8.42 Å². The SMILES string of the molecule is CNCCS(=O)(=O)N(CCO)C1CCCCC1. The van der Waals surface area contributed by atoms with E-state index < -0.39 is 10.0 Å². The van der Waals surface area contributed by atoms with E-state index in [1.807, 2.05) is 0 Å². The average Bonchev–Trinajstić information content (AvgIpc) is 2.34. The van der Waals surface area contributed by atoms with Crippen molar-refractivity contribution in [2.45, 2.75) is 38.1 Å². The summed E-state index contributed by atoms with van der Waals surface area (Å²) in [6.45, 7) is 0.586. The first kappa shape index (κ1) is 14.9. The number of sulfonamides is 1. The molecular weight excluding hydrogens is 240 g/mol. The summed E-state index contributed by atoms with van der Waals surface area (Å²) < 4.78 is 25.8. The summed E-state index contributed by atoms with van der Waals surface area (Å²) in [5.41, 5.74) is 0. The standard InChI is InChI=1S/C11H24N2O3S/c1-12-7-10-17(15,16)13(8-9-14)11-5-3-2-4-6-11/h11-12,14H,2-10H2,1H3. The van der Waals surface area contributed by atoms with Crippen molar-refractivity contribution in [1.82, 2.24) is 9.62 Å². The number of hydrogen-bond donors (Lipinski definition) is 2. The quantitative estimate of drug-likeness (QED) is 0.687. The Kier molecular flexibility index (Phi) is 6.40. The van der Waals surface area contributed by atoms with Gasteiger partial charge in [-0.1, -0.05) is 19.3 Å². The lowest BCUT2D eigenvalue weighted by molar-refractivity contribution is 0.199. The summed E-state index contributed by atoms with van der Waals surface area (Å²) in [5.74, 6) is 0.111. The molecule has 0 aromatic heterocycles. The van der Waals surface area contributed by atoms with Crippen molar-refractivity contribution >= 4 is 10.0 Å². The van der Waals surface area contributed by atoms with Crippen LogP contribution in [0.3, 0.4) is 0 Å². The molecule has 0 saturated heterocycles. The first-order chi connectivity index (χ1) is 8.11. The predicted molar refractivity (Wildman–Crippen MR) is 68.4 cm³/mol. The van der Waals surface area contributed by atoms with Crippen LogP contribution < -0.4 is 5.32 Å². The van der Waals surface area contributed by atoms with Crippen molar-refractivity contribution in [2.75, 3.05) is 32.5 Å². The molecule has 0 spiro atoms. The Labute approximate surface area is 104 Å². The molecule has 0 aromatic rings. The van der Waals surface area contributed by atoms with Crippen LogP contribution in [0.25, 0.3) is 0 Å². The van der Waals surface area contributed by atoms with E-state index in [1.165, 1.54) is 10.7 Å². The van der Waals surface area contributed by atoms with E-state index in [4.69, 9.17) is 5.11 Å². The first-order valence-electron chi connectivity index (χ1n) is 6.37. The Balaban J connectivity index is 2.68. The lowest BCUT2D eigenvalue weighted by Crippen LogP contribution is -2.45. The largest absolute Gasteiger partial charge is 0.395 e. The molecule has 1 aliphatic carbocycles. The van der Waals surface area contributed by atoms with Crippen molar-refractivity contribution in [3.8, 4) is 0 Å². The molecule has 1 rings (SSSR count). The van der Waals surface area contributed by atoms with Gasteiger partial charge in [-0.15, -0.1) is 0 Å². The molecule has 0 radical (unpaired) electrons. The average molecular weight is 264 g/mol. The number of nitrogens with one attached hydrogen (secondary N) is 1. The molecule has 5 nitrogen and oxygen atoms in total. The molecule has 1 saturated carbocycles. The Morgan fingerprint density at radius 2 is 1.94 bits per heavy atom. The van der Waals surface area contributed by atoms with Crippen LogP contribution in [0.4, 0.5) is 0 Å². The Bertz CT molecular complexity index is 300. The fourth-order valence-corrected chi connectivity index (χ4v) is 4.09. The third-order valence-corrected chi connectivity index (χ3v) is 5.19. The van der Waals surface area contributed by atoms with Crippen LogP contribution in [0.15, 0.2) is 0 Å². The minimum absolute atomic E-state index is 0.0951. The minimum Gasteiger partial charge on any atom is -0.395 e. The molecule has 0 amide bonds. The second-order valence-corrected chi connectivity index (χ2v) is 6.59. The van der Waals surface area contributed by atoms with Gasteiger partial charge in [-0.05, 0) is 19.9 Å². The second-order valence-electron chi connectivity index (χ2n) is 4.55. The molecule has 17 heavy (non-hydrogen) atoms. The van der Waals surface area contributed by atoms with Gasteiger partial charge in [0.15, 0.2) is 0 Å². The first-order valence-corrected chi connectivity index (χ1v) is 7.97. The van der Waals surface area contributed by atoms with Gasteiger partial charge in [0.25, 0.3) is 0 Å². The predicted octanol–water partition coefficient (Wildman–Crippen LogP) is 0.163. The maximum absolute atomic E-state index is 12.2. The third-order valence-electron chi connectivity index (χ3n) is 3.27. The molecule has 0 aliphatic heterocycles. The highest BCUT2D eigenvalue weighted by atomic mass is 32.2. The number of aliphatic hydroxyl groups is 1.